The number of fused-ring (bicyclic) bond motifs is 1. The van der Waals surface area contributed by atoms with E-state index in [-0.39, 0.29) is 30.2 Å². The van der Waals surface area contributed by atoms with Gasteiger partial charge in [-0.2, -0.15) is 0 Å². The van der Waals surface area contributed by atoms with Crippen LogP contribution < -0.4 is 5.32 Å². The molecule has 1 aliphatic heterocycles. The van der Waals surface area contributed by atoms with E-state index in [1.54, 1.807) is 30.1 Å². The maximum Gasteiger partial charge on any atom is 0.268 e. The van der Waals surface area contributed by atoms with E-state index in [4.69, 9.17) is 28.2 Å². The molecular weight excluding hydrogens is 445 g/mol. The molecule has 0 spiro atoms. The molecule has 1 N–H and O–H groups in total. The number of benzene rings is 2. The van der Waals surface area contributed by atoms with E-state index in [2.05, 4.69) is 5.32 Å². The van der Waals surface area contributed by atoms with Gasteiger partial charge in [-0.05, 0) is 29.7 Å². The third kappa shape index (κ3) is 4.79. The summed E-state index contributed by atoms with van der Waals surface area (Å²) in [5, 5.41) is 3.88. The minimum absolute atomic E-state index is 0.0916. The molecule has 2 aromatic rings. The average molecular weight is 468 g/mol. The van der Waals surface area contributed by atoms with Crippen molar-refractivity contribution in [3.05, 3.63) is 94.0 Å². The lowest BCUT2D eigenvalue weighted by atomic mass is 9.86. The molecule has 1 heterocycles. The molecule has 2 unspecified atom stereocenters. The Morgan fingerprint density at radius 3 is 2.59 bits per heavy atom. The van der Waals surface area contributed by atoms with Crippen molar-refractivity contribution < 1.29 is 9.59 Å². The largest absolute Gasteiger partial charge is 0.335 e. The number of halogens is 2. The third-order valence-electron chi connectivity index (χ3n) is 5.72. The first kappa shape index (κ1) is 22.3. The highest BCUT2D eigenvalue weighted by molar-refractivity contribution is 6.35. The first-order valence-corrected chi connectivity index (χ1v) is 11.2. The Balaban J connectivity index is 1.57. The smallest absolute Gasteiger partial charge is 0.268 e. The normalized spacial score (nSPS) is 22.2. The SMILES string of the molecule is CN1C(=O)[C@H](NC(=O)CCc2ccc(Cl)cc2Cl)N=C(c2ccccc2)C2C=CC=CC21. The fourth-order valence-electron chi connectivity index (χ4n) is 4.01. The molecule has 5 nitrogen and oxygen atoms in total. The summed E-state index contributed by atoms with van der Waals surface area (Å²) in [6.45, 7) is 0. The van der Waals surface area contributed by atoms with Crippen LogP contribution in [0.4, 0.5) is 0 Å². The first-order chi connectivity index (χ1) is 15.4. The summed E-state index contributed by atoms with van der Waals surface area (Å²) in [6.07, 6.45) is 7.56. The van der Waals surface area contributed by atoms with Crippen molar-refractivity contribution >= 4 is 40.7 Å². The Hall–Kier alpha value is -2.89. The molecule has 0 radical (unpaired) electrons. The number of hydrogen-bond acceptors (Lipinski definition) is 3. The predicted octanol–water partition coefficient (Wildman–Crippen LogP) is 4.44. The van der Waals surface area contributed by atoms with E-state index in [1.807, 2.05) is 54.6 Å². The Labute approximate surface area is 197 Å². The number of aryl methyl sites for hydroxylation is 1. The molecule has 2 aliphatic rings. The molecule has 164 valence electrons. The van der Waals surface area contributed by atoms with Crippen LogP contribution in [0.3, 0.4) is 0 Å². The summed E-state index contributed by atoms with van der Waals surface area (Å²) in [4.78, 5) is 32.3. The fraction of sp³-hybridized carbons (Fsp3) is 0.240. The van der Waals surface area contributed by atoms with E-state index in [0.717, 1.165) is 16.8 Å². The number of rotatable bonds is 5. The number of hydrogen-bond donors (Lipinski definition) is 1. The summed E-state index contributed by atoms with van der Waals surface area (Å²) >= 11 is 12.2. The number of aliphatic imine (C=N–C) groups is 1. The van der Waals surface area contributed by atoms with Gasteiger partial charge in [-0.15, -0.1) is 0 Å². The van der Waals surface area contributed by atoms with Gasteiger partial charge < -0.3 is 10.2 Å². The second-order valence-corrected chi connectivity index (χ2v) is 8.67. The lowest BCUT2D eigenvalue weighted by Crippen LogP contribution is -2.49. The molecule has 2 amide bonds. The molecule has 3 atom stereocenters. The van der Waals surface area contributed by atoms with Gasteiger partial charge >= 0.3 is 0 Å². The highest BCUT2D eigenvalue weighted by atomic mass is 35.5. The van der Waals surface area contributed by atoms with Crippen molar-refractivity contribution in [1.82, 2.24) is 10.2 Å². The van der Waals surface area contributed by atoms with Gasteiger partial charge in [-0.25, -0.2) is 0 Å². The Kier molecular flexibility index (Phi) is 6.77. The van der Waals surface area contributed by atoms with Crippen LogP contribution in [-0.4, -0.2) is 41.7 Å². The highest BCUT2D eigenvalue weighted by Crippen LogP contribution is 2.27. The monoisotopic (exact) mass is 467 g/mol. The summed E-state index contributed by atoms with van der Waals surface area (Å²) in [7, 11) is 1.75. The Morgan fingerprint density at radius 1 is 1.09 bits per heavy atom. The molecule has 1 aliphatic carbocycles. The predicted molar refractivity (Wildman–Crippen MR) is 128 cm³/mol. The maximum absolute atomic E-state index is 13.2. The number of allylic oxidation sites excluding steroid dienone is 2. The lowest BCUT2D eigenvalue weighted by Gasteiger charge is -2.31. The molecule has 32 heavy (non-hydrogen) atoms. The third-order valence-corrected chi connectivity index (χ3v) is 6.31. The second kappa shape index (κ2) is 9.72. The molecule has 7 heteroatoms. The molecule has 0 bridgehead atoms. The lowest BCUT2D eigenvalue weighted by molar-refractivity contribution is -0.136. The number of likely N-dealkylation sites (N-methyl/N-ethyl adjacent to an activating group) is 1. The Bertz CT molecular complexity index is 1110. The van der Waals surface area contributed by atoms with Crippen molar-refractivity contribution in [2.45, 2.75) is 25.0 Å². The van der Waals surface area contributed by atoms with Gasteiger partial charge in [-0.1, -0.05) is 83.9 Å². The van der Waals surface area contributed by atoms with E-state index in [0.29, 0.717) is 16.5 Å². The van der Waals surface area contributed by atoms with E-state index < -0.39 is 6.17 Å². The topological polar surface area (TPSA) is 61.8 Å². The van der Waals surface area contributed by atoms with Crippen molar-refractivity contribution in [3.63, 3.8) is 0 Å². The standard InChI is InChI=1S/C25H23Cl2N3O2/c1-30-21-10-6-5-9-19(21)23(17-7-3-2-4-8-17)29-24(25(30)32)28-22(31)14-12-16-11-13-18(26)15-20(16)27/h2-11,13,15,19,21,24H,12,14H2,1H3,(H,28,31)/t19?,21?,24-/m1/s1. The quantitative estimate of drug-likeness (QED) is 0.706. The van der Waals surface area contributed by atoms with Gasteiger partial charge in [0.25, 0.3) is 5.91 Å². The van der Waals surface area contributed by atoms with Crippen molar-refractivity contribution in [1.29, 1.82) is 0 Å². The Morgan fingerprint density at radius 2 is 1.84 bits per heavy atom. The number of nitrogens with one attached hydrogen (secondary N) is 1. The molecular formula is C25H23Cl2N3O2. The molecule has 0 saturated carbocycles. The minimum Gasteiger partial charge on any atom is -0.335 e. The molecule has 2 aromatic carbocycles. The zero-order valence-electron chi connectivity index (χ0n) is 17.5. The molecule has 0 saturated heterocycles. The van der Waals surface area contributed by atoms with E-state index in [1.165, 1.54) is 0 Å². The van der Waals surface area contributed by atoms with Crippen LogP contribution in [0.2, 0.25) is 10.0 Å². The second-order valence-electron chi connectivity index (χ2n) is 7.82. The zero-order valence-corrected chi connectivity index (χ0v) is 19.1. The van der Waals surface area contributed by atoms with Crippen LogP contribution in [0.1, 0.15) is 17.5 Å². The summed E-state index contributed by atoms with van der Waals surface area (Å²) in [6, 6.07) is 14.8. The molecule has 0 aromatic heterocycles. The summed E-state index contributed by atoms with van der Waals surface area (Å²) < 4.78 is 0. The van der Waals surface area contributed by atoms with Crippen LogP contribution in [0, 0.1) is 5.92 Å². The minimum atomic E-state index is -0.990. The van der Waals surface area contributed by atoms with Gasteiger partial charge in [0.15, 0.2) is 0 Å². The number of nitrogens with zero attached hydrogens (tertiary/aromatic N) is 2. The van der Waals surface area contributed by atoms with Crippen molar-refractivity contribution in [2.24, 2.45) is 10.9 Å². The fourth-order valence-corrected chi connectivity index (χ4v) is 4.51. The van der Waals surface area contributed by atoms with Crippen LogP contribution >= 0.6 is 23.2 Å². The number of amides is 2. The van der Waals surface area contributed by atoms with Gasteiger partial charge in [0.1, 0.15) is 0 Å². The van der Waals surface area contributed by atoms with Crippen LogP contribution in [0.15, 0.2) is 77.8 Å². The molecule has 4 rings (SSSR count). The van der Waals surface area contributed by atoms with Crippen LogP contribution in [0.25, 0.3) is 0 Å². The number of carbonyl (C=O) groups excluding carboxylic acids is 2. The van der Waals surface area contributed by atoms with Crippen molar-refractivity contribution in [3.8, 4) is 0 Å². The van der Waals surface area contributed by atoms with Gasteiger partial charge in [0, 0.05) is 29.4 Å². The van der Waals surface area contributed by atoms with Gasteiger partial charge in [0.2, 0.25) is 12.1 Å². The van der Waals surface area contributed by atoms with Crippen LogP contribution in [-0.2, 0) is 16.0 Å². The van der Waals surface area contributed by atoms with Gasteiger partial charge in [0.05, 0.1) is 11.8 Å². The molecule has 0 fully saturated rings. The van der Waals surface area contributed by atoms with Gasteiger partial charge in [-0.3, -0.25) is 14.6 Å². The highest BCUT2D eigenvalue weighted by Gasteiger charge is 2.37. The summed E-state index contributed by atoms with van der Waals surface area (Å²) in [5.41, 5.74) is 2.53. The maximum atomic E-state index is 13.2. The number of carbonyl (C=O) groups is 2. The first-order valence-electron chi connectivity index (χ1n) is 10.4. The van der Waals surface area contributed by atoms with E-state index >= 15 is 0 Å². The van der Waals surface area contributed by atoms with Crippen LogP contribution in [0.5, 0.6) is 0 Å². The van der Waals surface area contributed by atoms with Crippen molar-refractivity contribution in [2.75, 3.05) is 7.05 Å². The summed E-state index contributed by atoms with van der Waals surface area (Å²) in [5.74, 6) is -0.607. The zero-order chi connectivity index (χ0) is 22.7. The van der Waals surface area contributed by atoms with E-state index in [9.17, 15) is 9.59 Å². The average Bonchev–Trinajstić information content (AvgIpc) is 2.90.